The van der Waals surface area contributed by atoms with Crippen LogP contribution in [0.25, 0.3) is 10.1 Å². The lowest BCUT2D eigenvalue weighted by atomic mass is 10.2. The minimum Gasteiger partial charge on any atom is -0.391 e. The summed E-state index contributed by atoms with van der Waals surface area (Å²) in [4.78, 5) is 3.01. The number of thiophene rings is 1. The van der Waals surface area contributed by atoms with E-state index in [2.05, 4.69) is 4.83 Å². The van der Waals surface area contributed by atoms with Crippen molar-refractivity contribution in [2.45, 2.75) is 11.5 Å². The molecular weight excluding hydrogens is 272 g/mol. The van der Waals surface area contributed by atoms with Gasteiger partial charge in [-0.2, -0.15) is 0 Å². The second kappa shape index (κ2) is 4.94. The fourth-order valence-electron chi connectivity index (χ4n) is 1.76. The predicted molar refractivity (Wildman–Crippen MR) is 71.8 cm³/mol. The van der Waals surface area contributed by atoms with E-state index in [-0.39, 0.29) is 11.5 Å². The number of nitrogens with zero attached hydrogens (tertiary/aromatic N) is 1. The molecule has 0 fully saturated rings. The van der Waals surface area contributed by atoms with Crippen molar-refractivity contribution in [3.63, 3.8) is 0 Å². The van der Waals surface area contributed by atoms with Crippen LogP contribution >= 0.6 is 11.3 Å². The van der Waals surface area contributed by atoms with Crippen molar-refractivity contribution >= 4 is 31.4 Å². The summed E-state index contributed by atoms with van der Waals surface area (Å²) in [6.45, 7) is -0.289. The van der Waals surface area contributed by atoms with Crippen molar-refractivity contribution in [3.8, 4) is 0 Å². The first-order valence-corrected chi connectivity index (χ1v) is 7.56. The molecule has 0 aliphatic heterocycles. The van der Waals surface area contributed by atoms with Gasteiger partial charge < -0.3 is 5.11 Å². The maximum atomic E-state index is 12.2. The summed E-state index contributed by atoms with van der Waals surface area (Å²) in [5.74, 6) is 0. The second-order valence-electron chi connectivity index (χ2n) is 4.00. The lowest BCUT2D eigenvalue weighted by molar-refractivity contribution is 0.282. The highest BCUT2D eigenvalue weighted by atomic mass is 32.2. The van der Waals surface area contributed by atoms with Gasteiger partial charge in [-0.15, -0.1) is 16.2 Å². The third-order valence-corrected chi connectivity index (χ3v) is 5.23. The number of nitrogens with one attached hydrogen (secondary N) is 1. The Morgan fingerprint density at radius 3 is 2.61 bits per heavy atom. The molecule has 0 unspecified atom stereocenters. The van der Waals surface area contributed by atoms with E-state index >= 15 is 0 Å². The van der Waals surface area contributed by atoms with E-state index in [0.717, 1.165) is 4.70 Å². The first-order chi connectivity index (χ1) is 8.45. The molecule has 1 heterocycles. The van der Waals surface area contributed by atoms with Gasteiger partial charge in [0.05, 0.1) is 11.5 Å². The molecule has 0 amide bonds. The van der Waals surface area contributed by atoms with E-state index in [9.17, 15) is 13.5 Å². The highest BCUT2D eigenvalue weighted by Gasteiger charge is 2.24. The first-order valence-electron chi connectivity index (χ1n) is 5.26. The van der Waals surface area contributed by atoms with Gasteiger partial charge in [0.1, 0.15) is 4.90 Å². The van der Waals surface area contributed by atoms with Gasteiger partial charge in [0, 0.05) is 24.2 Å². The molecule has 0 saturated heterocycles. The first kappa shape index (κ1) is 13.4. The molecule has 0 spiro atoms. The normalized spacial score (nSPS) is 12.4. The monoisotopic (exact) mass is 286 g/mol. The van der Waals surface area contributed by atoms with Crippen LogP contribution in [0.1, 0.15) is 4.88 Å². The summed E-state index contributed by atoms with van der Waals surface area (Å²) in [6, 6.07) is 7.21. The van der Waals surface area contributed by atoms with Crippen LogP contribution in [-0.2, 0) is 16.6 Å². The molecule has 0 aliphatic carbocycles. The largest absolute Gasteiger partial charge is 0.391 e. The summed E-state index contributed by atoms with van der Waals surface area (Å²) < 4.78 is 25.3. The van der Waals surface area contributed by atoms with E-state index in [1.165, 1.54) is 16.3 Å². The molecule has 0 atom stereocenters. The molecule has 0 saturated carbocycles. The third-order valence-electron chi connectivity index (χ3n) is 2.33. The average Bonchev–Trinajstić information content (AvgIpc) is 2.66. The quantitative estimate of drug-likeness (QED) is 0.827. The van der Waals surface area contributed by atoms with Crippen LogP contribution in [0.4, 0.5) is 0 Å². The third kappa shape index (κ3) is 2.40. The van der Waals surface area contributed by atoms with Crippen molar-refractivity contribution < 1.29 is 13.5 Å². The number of sulfonamides is 1. The molecule has 7 heteroatoms. The van der Waals surface area contributed by atoms with E-state index in [4.69, 9.17) is 0 Å². The summed E-state index contributed by atoms with van der Waals surface area (Å²) in [7, 11) is -0.455. The fraction of sp³-hybridized carbons (Fsp3) is 0.273. The van der Waals surface area contributed by atoms with Gasteiger partial charge in [-0.1, -0.05) is 18.2 Å². The van der Waals surface area contributed by atoms with Gasteiger partial charge in [0.25, 0.3) is 10.0 Å². The van der Waals surface area contributed by atoms with Gasteiger partial charge in [0.2, 0.25) is 0 Å². The molecule has 98 valence electrons. The van der Waals surface area contributed by atoms with E-state index < -0.39 is 10.0 Å². The number of rotatable bonds is 4. The highest BCUT2D eigenvalue weighted by Crippen LogP contribution is 2.34. The number of aliphatic hydroxyl groups excluding tert-OH is 1. The molecule has 18 heavy (non-hydrogen) atoms. The van der Waals surface area contributed by atoms with Gasteiger partial charge >= 0.3 is 0 Å². The Labute approximate surface area is 110 Å². The fourth-order valence-corrected chi connectivity index (χ4v) is 4.64. The van der Waals surface area contributed by atoms with Gasteiger partial charge in [-0.05, 0) is 6.07 Å². The Bertz CT molecular complexity index is 662. The highest BCUT2D eigenvalue weighted by molar-refractivity contribution is 7.90. The Balaban J connectivity index is 2.69. The molecule has 2 N–H and O–H groups in total. The number of fused-ring (bicyclic) bond motifs is 1. The Hall–Kier alpha value is -0.990. The zero-order valence-electron chi connectivity index (χ0n) is 10.0. The number of aliphatic hydroxyl groups is 1. The second-order valence-corrected chi connectivity index (χ2v) is 6.73. The van der Waals surface area contributed by atoms with Gasteiger partial charge in [-0.25, -0.2) is 13.4 Å². The van der Waals surface area contributed by atoms with Crippen molar-refractivity contribution in [1.29, 1.82) is 0 Å². The molecule has 1 aromatic heterocycles. The van der Waals surface area contributed by atoms with Crippen molar-refractivity contribution in [2.24, 2.45) is 0 Å². The zero-order valence-corrected chi connectivity index (χ0v) is 11.7. The maximum absolute atomic E-state index is 12.2. The van der Waals surface area contributed by atoms with E-state index in [1.807, 2.05) is 12.1 Å². The zero-order chi connectivity index (χ0) is 13.3. The molecule has 5 nitrogen and oxygen atoms in total. The van der Waals surface area contributed by atoms with Crippen LogP contribution in [0, 0.1) is 0 Å². The van der Waals surface area contributed by atoms with Crippen LogP contribution in [0.2, 0.25) is 0 Å². The Morgan fingerprint density at radius 2 is 2.00 bits per heavy atom. The van der Waals surface area contributed by atoms with E-state index in [1.54, 1.807) is 26.2 Å². The Morgan fingerprint density at radius 1 is 1.33 bits per heavy atom. The van der Waals surface area contributed by atoms with Crippen LogP contribution in [-0.4, -0.2) is 32.6 Å². The maximum Gasteiger partial charge on any atom is 0.255 e. The van der Waals surface area contributed by atoms with Crippen LogP contribution < -0.4 is 4.83 Å². The van der Waals surface area contributed by atoms with Crippen LogP contribution in [0.15, 0.2) is 29.2 Å². The summed E-state index contributed by atoms with van der Waals surface area (Å²) >= 11 is 1.29. The standard InChI is InChI=1S/C11H14N2O3S2/c1-13(2)12-18(15,16)11-8-5-3-4-6-9(8)17-10(11)7-14/h3-6,12,14H,7H2,1-2H3. The molecule has 1 aromatic carbocycles. The number of hydrogen-bond donors (Lipinski definition) is 2. The van der Waals surface area contributed by atoms with Crippen LogP contribution in [0.5, 0.6) is 0 Å². The molecule has 0 radical (unpaired) electrons. The van der Waals surface area contributed by atoms with Crippen LogP contribution in [0.3, 0.4) is 0 Å². The molecule has 2 aromatic rings. The minimum absolute atomic E-state index is 0.166. The average molecular weight is 286 g/mol. The smallest absolute Gasteiger partial charge is 0.255 e. The summed E-state index contributed by atoms with van der Waals surface area (Å²) in [5.41, 5.74) is 0. The van der Waals surface area contributed by atoms with Crippen molar-refractivity contribution in [2.75, 3.05) is 14.1 Å². The minimum atomic E-state index is -3.66. The molecule has 0 bridgehead atoms. The Kier molecular flexibility index (Phi) is 3.69. The molecule has 0 aliphatic rings. The SMILES string of the molecule is CN(C)NS(=O)(=O)c1c(CO)sc2ccccc12. The summed E-state index contributed by atoms with van der Waals surface area (Å²) in [5, 5.41) is 11.3. The molecule has 2 rings (SSSR count). The lowest BCUT2D eigenvalue weighted by Gasteiger charge is -2.13. The van der Waals surface area contributed by atoms with Gasteiger partial charge in [0.15, 0.2) is 0 Å². The number of hydrogen-bond acceptors (Lipinski definition) is 5. The molecular formula is C11H14N2O3S2. The van der Waals surface area contributed by atoms with Gasteiger partial charge in [-0.3, -0.25) is 0 Å². The predicted octanol–water partition coefficient (Wildman–Crippen LogP) is 1.15. The summed E-state index contributed by atoms with van der Waals surface area (Å²) in [6.07, 6.45) is 0. The number of hydrazine groups is 1. The van der Waals surface area contributed by atoms with Crippen molar-refractivity contribution in [3.05, 3.63) is 29.1 Å². The number of benzene rings is 1. The topological polar surface area (TPSA) is 69.6 Å². The lowest BCUT2D eigenvalue weighted by Crippen LogP contribution is -2.36. The van der Waals surface area contributed by atoms with Crippen molar-refractivity contribution in [1.82, 2.24) is 9.84 Å². The van der Waals surface area contributed by atoms with E-state index in [0.29, 0.717) is 10.3 Å².